The van der Waals surface area contributed by atoms with Gasteiger partial charge in [0.25, 0.3) is 0 Å². The van der Waals surface area contributed by atoms with E-state index < -0.39 is 100 Å². The minimum absolute atomic E-state index is 0.221. The Balaban J connectivity index is -0.000000110. The number of carbonyl (C=O) groups excluding carboxylic acids is 3. The maximum atomic E-state index is 13.4. The third-order valence-corrected chi connectivity index (χ3v) is 11.3. The summed E-state index contributed by atoms with van der Waals surface area (Å²) in [5.74, 6) is -6.42. The zero-order valence-electron chi connectivity index (χ0n) is 55.1. The van der Waals surface area contributed by atoms with Gasteiger partial charge in [-0.15, -0.1) is 0 Å². The van der Waals surface area contributed by atoms with E-state index >= 15 is 0 Å². The van der Waals surface area contributed by atoms with Gasteiger partial charge in [0.15, 0.2) is 17.0 Å². The quantitative estimate of drug-likeness (QED) is 0.114. The van der Waals surface area contributed by atoms with E-state index in [1.807, 2.05) is 215 Å². The van der Waals surface area contributed by atoms with Crippen molar-refractivity contribution in [3.63, 3.8) is 0 Å². The summed E-state index contributed by atoms with van der Waals surface area (Å²) in [6.45, 7) is 73.2. The number of Topliss-reactive ketones (excluding diaryl/α,β-unsaturated/α-hetero) is 1. The van der Waals surface area contributed by atoms with Crippen molar-refractivity contribution in [2.75, 3.05) is 6.61 Å². The normalized spacial score (nSPS) is 29.0. The number of rotatable bonds is 6. The molecule has 71 heavy (non-hydrogen) atoms. The molecule has 0 radical (unpaired) electrons. The van der Waals surface area contributed by atoms with Gasteiger partial charge in [-0.1, -0.05) is 261 Å². The summed E-state index contributed by atoms with van der Waals surface area (Å²) in [4.78, 5) is 40.0. The average Bonchev–Trinajstić information content (AvgIpc) is 4.31. The van der Waals surface area contributed by atoms with Crippen molar-refractivity contribution in [3.8, 4) is 0 Å². The molecule has 4 aliphatic carbocycles. The van der Waals surface area contributed by atoms with Crippen LogP contribution in [0.15, 0.2) is 23.3 Å². The standard InChI is InChI=1S/C30H42O10.C3H8.14C2H6/c1-9-13(3)23(34)38-22-16(6)28(36)17-11-15(5)20(32)29(17,37)25-27(12-31,40-25)21(33)18(28)19-26(7,8)30(19,22)39-24(35)14(4)10-2;1-3-2;14*1-2/h9,11,14,16-19,21-22,25,31,33,36-37H,10,12H2,1-8H3;3H2,1-2H3;14*1-2H3/b13-9+;;;;;;;;;;;;;;;. The fraction of sp³-hybridized carbons (Fsp3) is 0.885. The highest BCUT2D eigenvalue weighted by molar-refractivity contribution is 6.05. The molecule has 4 fully saturated rings. The molecule has 438 valence electrons. The van der Waals surface area contributed by atoms with Crippen molar-refractivity contribution < 1.29 is 49.0 Å². The predicted molar refractivity (Wildman–Crippen MR) is 315 cm³/mol. The number of epoxide rings is 1. The lowest BCUT2D eigenvalue weighted by atomic mass is 9.58. The minimum Gasteiger partial charge on any atom is -0.454 e. The Morgan fingerprint density at radius 2 is 1.08 bits per heavy atom. The van der Waals surface area contributed by atoms with Gasteiger partial charge in [-0.05, 0) is 32.8 Å². The summed E-state index contributed by atoms with van der Waals surface area (Å²) in [6.07, 6.45) is 0.874. The van der Waals surface area contributed by atoms with Gasteiger partial charge in [0, 0.05) is 34.7 Å². The summed E-state index contributed by atoms with van der Waals surface area (Å²) in [5.41, 5.74) is -7.78. The van der Waals surface area contributed by atoms with Crippen molar-refractivity contribution in [3.05, 3.63) is 23.3 Å². The highest BCUT2D eigenvalue weighted by Gasteiger charge is 2.93. The summed E-state index contributed by atoms with van der Waals surface area (Å²) in [6, 6.07) is 0. The van der Waals surface area contributed by atoms with Gasteiger partial charge in [0.05, 0.1) is 24.2 Å². The lowest BCUT2D eigenvalue weighted by Crippen LogP contribution is -2.69. The lowest BCUT2D eigenvalue weighted by Gasteiger charge is -2.54. The number of allylic oxidation sites excluding steroid dienone is 1. The lowest BCUT2D eigenvalue weighted by molar-refractivity contribution is -0.250. The van der Waals surface area contributed by atoms with E-state index in [2.05, 4.69) is 13.8 Å². The van der Waals surface area contributed by atoms with Crippen LogP contribution in [0.3, 0.4) is 0 Å². The van der Waals surface area contributed by atoms with Crippen LogP contribution in [0.4, 0.5) is 0 Å². The maximum absolute atomic E-state index is 13.4. The number of carbonyl (C=O) groups is 3. The first-order valence-electron chi connectivity index (χ1n) is 29.6. The number of ether oxygens (including phenoxy) is 3. The van der Waals surface area contributed by atoms with Gasteiger partial charge in [-0.2, -0.15) is 0 Å². The molecule has 0 aromatic rings. The first kappa shape index (κ1) is 94.7. The average molecular weight is 1030 g/mol. The Hall–Kier alpha value is -2.11. The molecule has 1 aliphatic heterocycles. The summed E-state index contributed by atoms with van der Waals surface area (Å²) in [5, 5.41) is 47.2. The largest absolute Gasteiger partial charge is 0.454 e. The topological polar surface area (TPSA) is 163 Å². The zero-order chi connectivity index (χ0) is 60.7. The summed E-state index contributed by atoms with van der Waals surface area (Å²) < 4.78 is 18.2. The van der Waals surface area contributed by atoms with Gasteiger partial charge < -0.3 is 34.6 Å². The fourth-order valence-corrected chi connectivity index (χ4v) is 8.44. The van der Waals surface area contributed by atoms with E-state index in [9.17, 15) is 34.8 Å². The van der Waals surface area contributed by atoms with Crippen LogP contribution < -0.4 is 0 Å². The SMILES string of the molecule is C/C=C(\C)C(=O)OC1C(C)C2(O)C(C(O)C3(CO)OC3C3(O)C(=O)C(C)=CC32)C2C(C)(C)C12OC(=O)C(C)CC.CC.CC.CC.CC.CC.CC.CC.CC.CC.CC.CC.CC.CC.CC.CCC. The van der Waals surface area contributed by atoms with Crippen molar-refractivity contribution in [1.29, 1.82) is 0 Å². The third-order valence-electron chi connectivity index (χ3n) is 11.3. The molecule has 12 unspecified atom stereocenters. The zero-order valence-corrected chi connectivity index (χ0v) is 55.1. The number of fused-ring (bicyclic) bond motifs is 7. The van der Waals surface area contributed by atoms with E-state index in [1.54, 1.807) is 33.8 Å². The number of esters is 2. The summed E-state index contributed by atoms with van der Waals surface area (Å²) in [7, 11) is 0. The maximum Gasteiger partial charge on any atom is 0.333 e. The molecule has 1 heterocycles. The van der Waals surface area contributed by atoms with Crippen molar-refractivity contribution in [2.24, 2.45) is 35.0 Å². The Kier molecular flexibility index (Phi) is 72.3. The molecule has 3 saturated carbocycles. The van der Waals surface area contributed by atoms with Gasteiger partial charge >= 0.3 is 11.9 Å². The van der Waals surface area contributed by atoms with E-state index in [0.29, 0.717) is 12.0 Å². The highest BCUT2D eigenvalue weighted by Crippen LogP contribution is 2.79. The Morgan fingerprint density at radius 3 is 1.39 bits per heavy atom. The summed E-state index contributed by atoms with van der Waals surface area (Å²) >= 11 is 0. The Morgan fingerprint density at radius 1 is 0.732 bits per heavy atom. The van der Waals surface area contributed by atoms with Crippen LogP contribution in [0.2, 0.25) is 0 Å². The minimum atomic E-state index is -2.26. The fourth-order valence-electron chi connectivity index (χ4n) is 8.44. The van der Waals surface area contributed by atoms with Gasteiger partial charge in [0.1, 0.15) is 17.8 Å². The van der Waals surface area contributed by atoms with Crippen LogP contribution in [0.25, 0.3) is 0 Å². The predicted octanol–water partition coefficient (Wildman–Crippen LogP) is 17.0. The number of hydrogen-bond acceptors (Lipinski definition) is 10. The molecule has 0 aromatic carbocycles. The van der Waals surface area contributed by atoms with E-state index in [1.165, 1.54) is 19.4 Å². The highest BCUT2D eigenvalue weighted by atomic mass is 16.7. The van der Waals surface area contributed by atoms with Crippen molar-refractivity contribution in [2.45, 2.75) is 317 Å². The molecule has 0 aromatic heterocycles. The Labute approximate surface area is 446 Å². The van der Waals surface area contributed by atoms with Gasteiger partial charge in [-0.3, -0.25) is 9.59 Å². The Bertz CT molecular complexity index is 1250. The van der Waals surface area contributed by atoms with Crippen LogP contribution in [0, 0.1) is 35.0 Å². The molecule has 12 atom stereocenters. The van der Waals surface area contributed by atoms with E-state index in [0.717, 1.165) is 0 Å². The van der Waals surface area contributed by atoms with Gasteiger partial charge in [-0.25, -0.2) is 4.79 Å². The number of hydrogen-bond donors (Lipinski definition) is 4. The number of aliphatic hydroxyl groups excluding tert-OH is 2. The molecule has 5 aliphatic rings. The second kappa shape index (κ2) is 54.2. The van der Waals surface area contributed by atoms with Crippen LogP contribution in [-0.2, 0) is 28.6 Å². The van der Waals surface area contributed by atoms with Crippen molar-refractivity contribution >= 4 is 17.7 Å². The monoisotopic (exact) mass is 1030 g/mol. The molecule has 0 spiro atoms. The van der Waals surface area contributed by atoms with Crippen molar-refractivity contribution in [1.82, 2.24) is 0 Å². The molecule has 0 bridgehead atoms. The molecule has 4 N–H and O–H groups in total. The van der Waals surface area contributed by atoms with E-state index in [-0.39, 0.29) is 5.57 Å². The van der Waals surface area contributed by atoms with Crippen LogP contribution in [-0.4, -0.2) is 85.5 Å². The number of aliphatic hydroxyl groups is 4. The van der Waals surface area contributed by atoms with Crippen LogP contribution in [0.1, 0.15) is 276 Å². The van der Waals surface area contributed by atoms with Gasteiger partial charge in [0.2, 0.25) is 0 Å². The smallest absolute Gasteiger partial charge is 0.333 e. The molecule has 0 amide bonds. The second-order valence-electron chi connectivity index (χ2n) is 14.0. The number of ketones is 1. The van der Waals surface area contributed by atoms with Crippen LogP contribution in [0.5, 0.6) is 0 Å². The molecular formula is C61H134O10. The first-order valence-corrected chi connectivity index (χ1v) is 29.6. The first-order chi connectivity index (χ1) is 33.9. The third kappa shape index (κ3) is 21.2. The molecule has 5 rings (SSSR count). The second-order valence-corrected chi connectivity index (χ2v) is 14.0. The van der Waals surface area contributed by atoms with E-state index in [4.69, 9.17) is 14.2 Å². The molecule has 10 nitrogen and oxygen atoms in total. The molecule has 10 heteroatoms. The molecule has 1 saturated heterocycles. The molecular weight excluding hydrogens is 893 g/mol. The van der Waals surface area contributed by atoms with Crippen LogP contribution >= 0.6 is 0 Å².